The summed E-state index contributed by atoms with van der Waals surface area (Å²) in [6.07, 6.45) is 12.4. The van der Waals surface area contributed by atoms with Crippen LogP contribution in [0.5, 0.6) is 0 Å². The number of hydrogen-bond acceptors (Lipinski definition) is 6. The number of unbranched alkanes of at least 4 members (excludes halogenated alkanes) is 4. The van der Waals surface area contributed by atoms with Gasteiger partial charge < -0.3 is 27.1 Å². The van der Waals surface area contributed by atoms with Crippen LogP contribution in [0.25, 0.3) is 90.6 Å². The lowest BCUT2D eigenvalue weighted by atomic mass is 9.98. The average Bonchev–Trinajstić information content (AvgIpc) is 4.25. The van der Waals surface area contributed by atoms with Crippen LogP contribution in [0.3, 0.4) is 0 Å². The van der Waals surface area contributed by atoms with Crippen LogP contribution in [0.15, 0.2) is 163 Å². The summed E-state index contributed by atoms with van der Waals surface area (Å²) in [5.41, 5.74) is 15.4. The van der Waals surface area contributed by atoms with Crippen molar-refractivity contribution in [3.05, 3.63) is 179 Å². The second-order valence-electron chi connectivity index (χ2n) is 19.3. The fourth-order valence-corrected chi connectivity index (χ4v) is 9.86. The number of methoxy groups -OCH3 is 2. The van der Waals surface area contributed by atoms with Crippen LogP contribution < -0.4 is 0 Å². The summed E-state index contributed by atoms with van der Waals surface area (Å²) in [6, 6.07) is 51.8. The van der Waals surface area contributed by atoms with Crippen molar-refractivity contribution in [2.75, 3.05) is 14.2 Å². The van der Waals surface area contributed by atoms with Gasteiger partial charge in [-0.05, 0) is 139 Å². The Morgan fingerprint density at radius 1 is 0.306 bits per heavy atom. The SMILES string of the molecule is CCCCc1cc(-c2cccc(COC)c2)oc1-c1cccc(-c2cc(CCCC)c(-c3cccc(-c4oc(-c5cccc(-c6oc(-c7cccc(COC)c7)cc6CCCC)c5)cc4CCCC)c3)o2)c1. The molecular weight excluding hydrogens is 889 g/mol. The average molecular weight is 959 g/mol. The van der Waals surface area contributed by atoms with Crippen molar-refractivity contribution in [2.45, 2.75) is 118 Å². The van der Waals surface area contributed by atoms with Gasteiger partial charge in [0.1, 0.15) is 46.1 Å². The van der Waals surface area contributed by atoms with Crippen LogP contribution in [0.4, 0.5) is 0 Å². The molecule has 4 heterocycles. The molecule has 9 rings (SSSR count). The monoisotopic (exact) mass is 959 g/mol. The fraction of sp³-hybridized carbons (Fsp3) is 0.303. The van der Waals surface area contributed by atoms with Crippen LogP contribution in [-0.2, 0) is 48.4 Å². The van der Waals surface area contributed by atoms with Crippen molar-refractivity contribution >= 4 is 0 Å². The highest BCUT2D eigenvalue weighted by molar-refractivity contribution is 5.79. The lowest BCUT2D eigenvalue weighted by Gasteiger charge is -2.07. The van der Waals surface area contributed by atoms with Gasteiger partial charge in [0.05, 0.1) is 13.2 Å². The van der Waals surface area contributed by atoms with Gasteiger partial charge in [0.15, 0.2) is 0 Å². The Morgan fingerprint density at radius 3 is 0.833 bits per heavy atom. The van der Waals surface area contributed by atoms with E-state index in [9.17, 15) is 0 Å². The lowest BCUT2D eigenvalue weighted by molar-refractivity contribution is 0.185. The Bertz CT molecular complexity index is 2980. The van der Waals surface area contributed by atoms with E-state index in [2.05, 4.69) is 173 Å². The molecule has 6 heteroatoms. The normalized spacial score (nSPS) is 11.5. The zero-order valence-electron chi connectivity index (χ0n) is 43.2. The van der Waals surface area contributed by atoms with Crippen molar-refractivity contribution in [1.82, 2.24) is 0 Å². The van der Waals surface area contributed by atoms with Crippen molar-refractivity contribution in [3.63, 3.8) is 0 Å². The van der Waals surface area contributed by atoms with Gasteiger partial charge in [-0.1, -0.05) is 144 Å². The summed E-state index contributed by atoms with van der Waals surface area (Å²) >= 11 is 0. The van der Waals surface area contributed by atoms with Gasteiger partial charge in [-0.2, -0.15) is 0 Å². The van der Waals surface area contributed by atoms with Gasteiger partial charge in [0, 0.05) is 58.7 Å². The molecule has 0 radical (unpaired) electrons. The lowest BCUT2D eigenvalue weighted by Crippen LogP contribution is -1.88. The molecule has 0 saturated heterocycles. The number of furan rings is 4. The minimum atomic E-state index is 0.558. The first-order valence-corrected chi connectivity index (χ1v) is 26.4. The van der Waals surface area contributed by atoms with Crippen LogP contribution in [0.2, 0.25) is 0 Å². The highest BCUT2D eigenvalue weighted by Gasteiger charge is 2.22. The first-order chi connectivity index (χ1) is 35.4. The molecule has 370 valence electrons. The number of hydrogen-bond donors (Lipinski definition) is 0. The van der Waals surface area contributed by atoms with E-state index in [1.54, 1.807) is 14.2 Å². The minimum absolute atomic E-state index is 0.558. The predicted molar refractivity (Wildman–Crippen MR) is 295 cm³/mol. The number of aryl methyl sites for hydroxylation is 4. The van der Waals surface area contributed by atoms with Crippen molar-refractivity contribution in [1.29, 1.82) is 0 Å². The number of benzene rings is 5. The van der Waals surface area contributed by atoms with Gasteiger partial charge in [0.2, 0.25) is 0 Å². The van der Waals surface area contributed by atoms with Crippen LogP contribution in [0, 0.1) is 0 Å². The molecule has 72 heavy (non-hydrogen) atoms. The Labute approximate surface area is 427 Å². The molecule has 0 bridgehead atoms. The van der Waals surface area contributed by atoms with E-state index in [1.807, 2.05) is 0 Å². The number of ether oxygens (including phenoxy) is 2. The van der Waals surface area contributed by atoms with E-state index in [-0.39, 0.29) is 0 Å². The highest BCUT2D eigenvalue weighted by atomic mass is 16.5. The second-order valence-corrected chi connectivity index (χ2v) is 19.3. The molecule has 0 aliphatic rings. The Kier molecular flexibility index (Phi) is 16.7. The van der Waals surface area contributed by atoms with E-state index in [1.165, 1.54) is 22.3 Å². The van der Waals surface area contributed by atoms with Gasteiger partial charge in [0.25, 0.3) is 0 Å². The highest BCUT2D eigenvalue weighted by Crippen LogP contribution is 2.42. The van der Waals surface area contributed by atoms with Crippen molar-refractivity contribution in [2.24, 2.45) is 0 Å². The smallest absolute Gasteiger partial charge is 0.138 e. The molecular formula is C66H70O6. The van der Waals surface area contributed by atoms with Crippen molar-refractivity contribution < 1.29 is 27.1 Å². The Hall–Kier alpha value is -6.86. The first kappa shape index (κ1) is 50.1. The van der Waals surface area contributed by atoms with Gasteiger partial charge >= 0.3 is 0 Å². The standard InChI is InChI=1S/C66H70O6/c1-7-11-22-55-39-59(47-26-15-20-45(34-47)43-67-5)69-63(55)51-30-17-28-49(36-51)61-41-57(24-13-9-3)65(71-61)53-32-19-33-54(38-53)66-58(25-14-10-4)42-62(72-66)50-29-18-31-52(37-50)64-56(23-12-8-2)40-60(70-64)48-27-16-21-46(35-48)44-68-6/h15-21,26-42H,7-14,22-25,43-44H2,1-6H3. The van der Waals surface area contributed by atoms with E-state index in [4.69, 9.17) is 27.1 Å². The third kappa shape index (κ3) is 11.6. The Morgan fingerprint density at radius 2 is 0.556 bits per heavy atom. The summed E-state index contributed by atoms with van der Waals surface area (Å²) in [7, 11) is 3.46. The molecule has 0 N–H and O–H groups in total. The summed E-state index contributed by atoms with van der Waals surface area (Å²) in [6.45, 7) is 10.1. The summed E-state index contributed by atoms with van der Waals surface area (Å²) < 4.78 is 38.4. The molecule has 4 aromatic heterocycles. The third-order valence-electron chi connectivity index (χ3n) is 13.7. The molecule has 5 aromatic carbocycles. The largest absolute Gasteiger partial charge is 0.456 e. The molecule has 0 saturated carbocycles. The molecule has 0 unspecified atom stereocenters. The Balaban J connectivity index is 1.05. The summed E-state index contributed by atoms with van der Waals surface area (Å²) in [5, 5.41) is 0. The van der Waals surface area contributed by atoms with Crippen LogP contribution in [-0.4, -0.2) is 14.2 Å². The molecule has 9 aromatic rings. The van der Waals surface area contributed by atoms with Crippen LogP contribution >= 0.6 is 0 Å². The fourth-order valence-electron chi connectivity index (χ4n) is 9.86. The summed E-state index contributed by atoms with van der Waals surface area (Å²) in [5.74, 6) is 7.08. The third-order valence-corrected chi connectivity index (χ3v) is 13.7. The molecule has 0 aliphatic heterocycles. The zero-order chi connectivity index (χ0) is 49.8. The molecule has 6 nitrogen and oxygen atoms in total. The van der Waals surface area contributed by atoms with Gasteiger partial charge in [-0.25, -0.2) is 0 Å². The van der Waals surface area contributed by atoms with Crippen LogP contribution in [0.1, 0.15) is 112 Å². The van der Waals surface area contributed by atoms with E-state index in [0.717, 1.165) is 179 Å². The maximum absolute atomic E-state index is 6.99. The molecule has 0 aliphatic carbocycles. The zero-order valence-corrected chi connectivity index (χ0v) is 43.2. The second kappa shape index (κ2) is 24.0. The predicted octanol–water partition coefficient (Wildman–Crippen LogP) is 19.1. The van der Waals surface area contributed by atoms with Gasteiger partial charge in [-0.15, -0.1) is 0 Å². The van der Waals surface area contributed by atoms with Gasteiger partial charge in [-0.3, -0.25) is 0 Å². The first-order valence-electron chi connectivity index (χ1n) is 26.4. The topological polar surface area (TPSA) is 71.0 Å². The maximum Gasteiger partial charge on any atom is 0.138 e. The minimum Gasteiger partial charge on any atom is -0.456 e. The van der Waals surface area contributed by atoms with Crippen molar-refractivity contribution in [3.8, 4) is 90.6 Å². The molecule has 0 amide bonds. The van der Waals surface area contributed by atoms with E-state index in [0.29, 0.717) is 13.2 Å². The van der Waals surface area contributed by atoms with E-state index < -0.39 is 0 Å². The number of rotatable bonds is 24. The molecule has 0 fully saturated rings. The molecule has 0 atom stereocenters. The summed E-state index contributed by atoms with van der Waals surface area (Å²) in [4.78, 5) is 0. The molecule has 0 spiro atoms. The maximum atomic E-state index is 6.99. The quantitative estimate of drug-likeness (QED) is 0.0601. The van der Waals surface area contributed by atoms with E-state index >= 15 is 0 Å².